The normalized spacial score (nSPS) is 13.5. The number of halogens is 1. The van der Waals surface area contributed by atoms with Gasteiger partial charge in [-0.05, 0) is 47.4 Å². The molecule has 130 valence electrons. The van der Waals surface area contributed by atoms with Crippen molar-refractivity contribution in [3.05, 3.63) is 41.5 Å². The molecule has 0 bridgehead atoms. The van der Waals surface area contributed by atoms with Crippen LogP contribution in [-0.4, -0.2) is 44.4 Å². The third kappa shape index (κ3) is 4.82. The molecule has 2 aromatic rings. The summed E-state index contributed by atoms with van der Waals surface area (Å²) >= 11 is 0. The smallest absolute Gasteiger partial charge is 0.245 e. The molecule has 0 saturated carbocycles. The Morgan fingerprint density at radius 2 is 2.08 bits per heavy atom. The van der Waals surface area contributed by atoms with E-state index in [9.17, 15) is 9.18 Å². The summed E-state index contributed by atoms with van der Waals surface area (Å²) in [5.41, 5.74) is 0.815. The molecule has 2 unspecified atom stereocenters. The van der Waals surface area contributed by atoms with E-state index in [1.807, 2.05) is 6.92 Å². The zero-order valence-corrected chi connectivity index (χ0v) is 13.8. The van der Waals surface area contributed by atoms with Gasteiger partial charge in [0.15, 0.2) is 0 Å². The van der Waals surface area contributed by atoms with Crippen molar-refractivity contribution in [2.45, 2.75) is 32.7 Å². The average molecular weight is 335 g/mol. The molecule has 0 aliphatic rings. The van der Waals surface area contributed by atoms with E-state index in [0.717, 1.165) is 5.56 Å². The molecular weight excluding hydrogens is 313 g/mol. The van der Waals surface area contributed by atoms with Gasteiger partial charge in [-0.2, -0.15) is 0 Å². The Balaban J connectivity index is 2.12. The lowest BCUT2D eigenvalue weighted by Gasteiger charge is -2.19. The molecule has 0 aliphatic carbocycles. The van der Waals surface area contributed by atoms with Gasteiger partial charge in [0.2, 0.25) is 5.91 Å². The van der Waals surface area contributed by atoms with Crippen molar-refractivity contribution < 1.29 is 14.3 Å². The van der Waals surface area contributed by atoms with Gasteiger partial charge in [0.25, 0.3) is 0 Å². The summed E-state index contributed by atoms with van der Waals surface area (Å²) in [6, 6.07) is 5.39. The van der Waals surface area contributed by atoms with Gasteiger partial charge in [-0.1, -0.05) is 19.1 Å². The molecule has 1 heterocycles. The minimum atomic E-state index is -0.619. The molecule has 0 spiro atoms. The van der Waals surface area contributed by atoms with Crippen LogP contribution < -0.4 is 5.32 Å². The van der Waals surface area contributed by atoms with E-state index in [1.165, 1.54) is 16.8 Å². The number of aryl methyl sites for hydroxylation is 1. The first kappa shape index (κ1) is 18.0. The van der Waals surface area contributed by atoms with Crippen molar-refractivity contribution in [2.24, 2.45) is 5.92 Å². The Hall–Kier alpha value is -2.35. The van der Waals surface area contributed by atoms with Crippen LogP contribution in [0, 0.1) is 18.7 Å². The van der Waals surface area contributed by atoms with E-state index in [-0.39, 0.29) is 24.2 Å². The summed E-state index contributed by atoms with van der Waals surface area (Å²) in [5, 5.41) is 23.1. The number of aliphatic hydroxyl groups excluding tert-OH is 1. The van der Waals surface area contributed by atoms with Crippen LogP contribution in [0.3, 0.4) is 0 Å². The maximum atomic E-state index is 13.1. The first-order valence-electron chi connectivity index (χ1n) is 7.88. The summed E-state index contributed by atoms with van der Waals surface area (Å²) in [7, 11) is 0. The van der Waals surface area contributed by atoms with Crippen LogP contribution in [0.1, 0.15) is 30.8 Å². The SMILES string of the molecule is Cc1nnnn1C(Cc1ccc(F)cc1)C(=O)NCC(C)CCO. The fourth-order valence-corrected chi connectivity index (χ4v) is 2.38. The minimum absolute atomic E-state index is 0.0855. The van der Waals surface area contributed by atoms with Crippen molar-refractivity contribution in [3.63, 3.8) is 0 Å². The first-order chi connectivity index (χ1) is 11.5. The number of benzene rings is 1. The number of tetrazole rings is 1. The highest BCUT2D eigenvalue weighted by Crippen LogP contribution is 2.16. The van der Waals surface area contributed by atoms with Crippen LogP contribution >= 0.6 is 0 Å². The standard InChI is InChI=1S/C16H22FN5O2/c1-11(7-8-23)10-18-16(24)15(22-12(2)19-20-21-22)9-13-3-5-14(17)6-4-13/h3-6,11,15,23H,7-10H2,1-2H3,(H,18,24). The highest BCUT2D eigenvalue weighted by Gasteiger charge is 2.24. The predicted molar refractivity (Wildman–Crippen MR) is 85.6 cm³/mol. The molecule has 0 saturated heterocycles. The number of amides is 1. The summed E-state index contributed by atoms with van der Waals surface area (Å²) in [6.07, 6.45) is 0.971. The third-order valence-electron chi connectivity index (χ3n) is 3.84. The van der Waals surface area contributed by atoms with Gasteiger partial charge in [-0.25, -0.2) is 9.07 Å². The lowest BCUT2D eigenvalue weighted by molar-refractivity contribution is -0.124. The first-order valence-corrected chi connectivity index (χ1v) is 7.88. The Morgan fingerprint density at radius 3 is 2.67 bits per heavy atom. The van der Waals surface area contributed by atoms with Crippen molar-refractivity contribution in [3.8, 4) is 0 Å². The number of aliphatic hydroxyl groups is 1. The molecule has 2 N–H and O–H groups in total. The van der Waals surface area contributed by atoms with E-state index in [1.54, 1.807) is 19.1 Å². The lowest BCUT2D eigenvalue weighted by Crippen LogP contribution is -2.37. The molecule has 2 rings (SSSR count). The van der Waals surface area contributed by atoms with Crippen molar-refractivity contribution in [2.75, 3.05) is 13.2 Å². The summed E-state index contributed by atoms with van der Waals surface area (Å²) in [4.78, 5) is 12.6. The van der Waals surface area contributed by atoms with Crippen LogP contribution in [0.4, 0.5) is 4.39 Å². The summed E-state index contributed by atoms with van der Waals surface area (Å²) in [5.74, 6) is 0.164. The number of aromatic nitrogens is 4. The fourth-order valence-electron chi connectivity index (χ4n) is 2.38. The molecule has 24 heavy (non-hydrogen) atoms. The second-order valence-corrected chi connectivity index (χ2v) is 5.88. The van der Waals surface area contributed by atoms with Gasteiger partial charge < -0.3 is 10.4 Å². The molecule has 8 heteroatoms. The molecule has 1 amide bonds. The number of carbonyl (C=O) groups is 1. The third-order valence-corrected chi connectivity index (χ3v) is 3.84. The topological polar surface area (TPSA) is 92.9 Å². The second kappa shape index (κ2) is 8.49. The number of rotatable bonds is 8. The van der Waals surface area contributed by atoms with Gasteiger partial charge in [-0.3, -0.25) is 4.79 Å². The average Bonchev–Trinajstić information content (AvgIpc) is 2.98. The zero-order valence-electron chi connectivity index (χ0n) is 13.8. The highest BCUT2D eigenvalue weighted by molar-refractivity contribution is 5.80. The van der Waals surface area contributed by atoms with Crippen molar-refractivity contribution >= 4 is 5.91 Å². The van der Waals surface area contributed by atoms with Crippen molar-refractivity contribution in [1.29, 1.82) is 0 Å². The van der Waals surface area contributed by atoms with E-state index in [4.69, 9.17) is 5.11 Å². The number of carbonyl (C=O) groups excluding carboxylic acids is 1. The van der Waals surface area contributed by atoms with Crippen molar-refractivity contribution in [1.82, 2.24) is 25.5 Å². The molecule has 7 nitrogen and oxygen atoms in total. The zero-order chi connectivity index (χ0) is 17.5. The summed E-state index contributed by atoms with van der Waals surface area (Å²) in [6.45, 7) is 4.22. The Morgan fingerprint density at radius 1 is 1.38 bits per heavy atom. The molecule has 0 radical (unpaired) electrons. The van der Waals surface area contributed by atoms with Crippen LogP contribution in [-0.2, 0) is 11.2 Å². The van der Waals surface area contributed by atoms with Gasteiger partial charge in [0.05, 0.1) is 0 Å². The Labute approximate surface area is 139 Å². The molecule has 1 aromatic heterocycles. The molecule has 0 fully saturated rings. The van der Waals surface area contributed by atoms with Crippen LogP contribution in [0.15, 0.2) is 24.3 Å². The van der Waals surface area contributed by atoms with E-state index in [0.29, 0.717) is 25.2 Å². The second-order valence-electron chi connectivity index (χ2n) is 5.88. The highest BCUT2D eigenvalue weighted by atomic mass is 19.1. The largest absolute Gasteiger partial charge is 0.396 e. The van der Waals surface area contributed by atoms with Crippen LogP contribution in [0.2, 0.25) is 0 Å². The van der Waals surface area contributed by atoms with Crippen LogP contribution in [0.25, 0.3) is 0 Å². The predicted octanol–water partition coefficient (Wildman–Crippen LogP) is 1.04. The van der Waals surface area contributed by atoms with Gasteiger partial charge in [-0.15, -0.1) is 5.10 Å². The maximum Gasteiger partial charge on any atom is 0.245 e. The maximum absolute atomic E-state index is 13.1. The fraction of sp³-hybridized carbons (Fsp3) is 0.500. The summed E-state index contributed by atoms with van der Waals surface area (Å²) < 4.78 is 14.5. The molecular formula is C16H22FN5O2. The number of hydrogen-bond donors (Lipinski definition) is 2. The van der Waals surface area contributed by atoms with E-state index in [2.05, 4.69) is 20.8 Å². The monoisotopic (exact) mass is 335 g/mol. The molecule has 1 aromatic carbocycles. The Kier molecular flexibility index (Phi) is 6.36. The van der Waals surface area contributed by atoms with E-state index < -0.39 is 6.04 Å². The van der Waals surface area contributed by atoms with Crippen LogP contribution in [0.5, 0.6) is 0 Å². The minimum Gasteiger partial charge on any atom is -0.396 e. The van der Waals surface area contributed by atoms with Gasteiger partial charge in [0.1, 0.15) is 17.7 Å². The molecule has 2 atom stereocenters. The number of hydrogen-bond acceptors (Lipinski definition) is 5. The lowest BCUT2D eigenvalue weighted by atomic mass is 10.0. The Bertz CT molecular complexity index is 659. The number of nitrogens with one attached hydrogen (secondary N) is 1. The molecule has 0 aliphatic heterocycles. The quantitative estimate of drug-likeness (QED) is 0.752. The van der Waals surface area contributed by atoms with Gasteiger partial charge in [0, 0.05) is 19.6 Å². The van der Waals surface area contributed by atoms with Gasteiger partial charge >= 0.3 is 0 Å². The van der Waals surface area contributed by atoms with E-state index >= 15 is 0 Å². The number of nitrogens with zero attached hydrogens (tertiary/aromatic N) is 4.